The molecule has 0 saturated carbocycles. The second-order valence-electron chi connectivity index (χ2n) is 7.43. The van der Waals surface area contributed by atoms with Gasteiger partial charge in [0.25, 0.3) is 0 Å². The molecule has 0 saturated heterocycles. The van der Waals surface area contributed by atoms with E-state index >= 15 is 0 Å². The van der Waals surface area contributed by atoms with Crippen molar-refractivity contribution in [2.24, 2.45) is 5.92 Å². The molecule has 1 aromatic heterocycles. The van der Waals surface area contributed by atoms with Gasteiger partial charge in [0.15, 0.2) is 17.3 Å². The van der Waals surface area contributed by atoms with Gasteiger partial charge in [0.05, 0.1) is 11.0 Å². The van der Waals surface area contributed by atoms with Gasteiger partial charge in [-0.05, 0) is 43.3 Å². The predicted molar refractivity (Wildman–Crippen MR) is 113 cm³/mol. The quantitative estimate of drug-likeness (QED) is 0.479. The number of hydrogen-bond acceptors (Lipinski definition) is 9. The van der Waals surface area contributed by atoms with Crippen molar-refractivity contribution < 1.29 is 33.4 Å². The number of rotatable bonds is 8. The van der Waals surface area contributed by atoms with Gasteiger partial charge in [0.1, 0.15) is 5.54 Å². The predicted octanol–water partition coefficient (Wildman–Crippen LogP) is 3.92. The molecule has 0 spiro atoms. The standard InChI is InChI=1S/C21H25NO5S.CO2/c1-13(2)21(20(24)27-14(3)4,11-16(23)19-6-5-9-28-19)22-15-7-8-17-18(10-15)26-12-25-17;2-1-3/h5-10,13-14,22H,11-12H2,1-4H3;. The number of fused-ring (bicyclic) bond motifs is 1. The van der Waals surface area contributed by atoms with E-state index in [1.165, 1.54) is 11.3 Å². The van der Waals surface area contributed by atoms with E-state index in [9.17, 15) is 9.59 Å². The number of hydrogen-bond donors (Lipinski definition) is 1. The van der Waals surface area contributed by atoms with Crippen LogP contribution in [0.15, 0.2) is 35.7 Å². The van der Waals surface area contributed by atoms with Gasteiger partial charge in [-0.15, -0.1) is 11.3 Å². The molecule has 31 heavy (non-hydrogen) atoms. The molecule has 1 aliphatic rings. The summed E-state index contributed by atoms with van der Waals surface area (Å²) in [5.74, 6) is 0.510. The molecule has 9 heteroatoms. The lowest BCUT2D eigenvalue weighted by Crippen LogP contribution is -2.53. The Balaban J connectivity index is 0.00000107. The Kier molecular flexibility index (Phi) is 8.36. The molecule has 1 aromatic carbocycles. The molecule has 2 aromatic rings. The average molecular weight is 448 g/mol. The Labute approximate surface area is 184 Å². The highest BCUT2D eigenvalue weighted by molar-refractivity contribution is 7.12. The van der Waals surface area contributed by atoms with Crippen molar-refractivity contribution in [2.75, 3.05) is 12.1 Å². The van der Waals surface area contributed by atoms with Crippen LogP contribution in [-0.4, -0.2) is 36.3 Å². The van der Waals surface area contributed by atoms with Gasteiger partial charge in [-0.2, -0.15) is 9.59 Å². The first-order chi connectivity index (χ1) is 14.7. The van der Waals surface area contributed by atoms with E-state index in [0.717, 1.165) is 0 Å². The van der Waals surface area contributed by atoms with Gasteiger partial charge in [0, 0.05) is 18.2 Å². The fourth-order valence-corrected chi connectivity index (χ4v) is 3.74. The third-order valence-electron chi connectivity index (χ3n) is 4.67. The largest absolute Gasteiger partial charge is 0.461 e. The second kappa shape index (κ2) is 10.7. The lowest BCUT2D eigenvalue weighted by molar-refractivity contribution is -0.191. The molecule has 0 aliphatic carbocycles. The van der Waals surface area contributed by atoms with Crippen LogP contribution in [0.3, 0.4) is 0 Å². The van der Waals surface area contributed by atoms with Crippen LogP contribution in [-0.2, 0) is 19.1 Å². The fraction of sp³-hybridized carbons (Fsp3) is 0.409. The van der Waals surface area contributed by atoms with Crippen molar-refractivity contribution in [3.05, 3.63) is 40.6 Å². The minimum atomic E-state index is -1.21. The molecule has 0 radical (unpaired) electrons. The van der Waals surface area contributed by atoms with Crippen molar-refractivity contribution in [2.45, 2.75) is 45.8 Å². The molecule has 1 N–H and O–H groups in total. The lowest BCUT2D eigenvalue weighted by atomic mass is 9.81. The number of thiophene rings is 1. The maximum Gasteiger partial charge on any atom is 0.373 e. The molecule has 3 rings (SSSR count). The van der Waals surface area contributed by atoms with E-state index in [2.05, 4.69) is 5.32 Å². The average Bonchev–Trinajstić information content (AvgIpc) is 3.38. The van der Waals surface area contributed by atoms with Crippen LogP contribution in [0.2, 0.25) is 0 Å². The van der Waals surface area contributed by atoms with E-state index < -0.39 is 11.5 Å². The molecular formula is C22H25NO7S. The smallest absolute Gasteiger partial charge is 0.373 e. The molecule has 0 bridgehead atoms. The fourth-order valence-electron chi connectivity index (χ4n) is 3.08. The molecule has 0 amide bonds. The van der Waals surface area contributed by atoms with Gasteiger partial charge >= 0.3 is 12.1 Å². The topological polar surface area (TPSA) is 108 Å². The zero-order valence-electron chi connectivity index (χ0n) is 17.8. The van der Waals surface area contributed by atoms with Crippen LogP contribution in [0.5, 0.6) is 11.5 Å². The first-order valence-corrected chi connectivity index (χ1v) is 10.6. The van der Waals surface area contributed by atoms with Gasteiger partial charge in [-0.1, -0.05) is 19.9 Å². The highest BCUT2D eigenvalue weighted by atomic mass is 32.1. The molecule has 1 aliphatic heterocycles. The third-order valence-corrected chi connectivity index (χ3v) is 5.58. The minimum absolute atomic E-state index is 0.00875. The van der Waals surface area contributed by atoms with Crippen molar-refractivity contribution in [1.29, 1.82) is 0 Å². The SMILES string of the molecule is CC(C)OC(=O)C(CC(=O)c1cccs1)(Nc1ccc2c(c1)OCO2)C(C)C.O=C=O. The van der Waals surface area contributed by atoms with Gasteiger partial charge in [0.2, 0.25) is 6.79 Å². The lowest BCUT2D eigenvalue weighted by Gasteiger charge is -2.37. The highest BCUT2D eigenvalue weighted by Gasteiger charge is 2.46. The van der Waals surface area contributed by atoms with Gasteiger partial charge in [-0.3, -0.25) is 4.79 Å². The summed E-state index contributed by atoms with van der Waals surface area (Å²) < 4.78 is 16.3. The number of carbonyl (C=O) groups excluding carboxylic acids is 4. The first-order valence-electron chi connectivity index (χ1n) is 9.68. The zero-order chi connectivity index (χ0) is 23.0. The Morgan fingerprint density at radius 3 is 2.42 bits per heavy atom. The number of esters is 1. The van der Waals surface area contributed by atoms with Crippen LogP contribution in [0, 0.1) is 5.92 Å². The number of nitrogens with one attached hydrogen (secondary N) is 1. The van der Waals surface area contributed by atoms with Crippen LogP contribution in [0.1, 0.15) is 43.8 Å². The number of ketones is 1. The summed E-state index contributed by atoms with van der Waals surface area (Å²) in [6.07, 6.45) is -0.0495. The molecule has 2 heterocycles. The summed E-state index contributed by atoms with van der Waals surface area (Å²) in [7, 11) is 0. The van der Waals surface area contributed by atoms with Crippen molar-refractivity contribution >= 4 is 34.9 Å². The molecule has 1 atom stereocenters. The van der Waals surface area contributed by atoms with Crippen LogP contribution < -0.4 is 14.8 Å². The number of benzene rings is 1. The number of carbonyl (C=O) groups is 2. The minimum Gasteiger partial charge on any atom is -0.461 e. The molecule has 8 nitrogen and oxygen atoms in total. The summed E-state index contributed by atoms with van der Waals surface area (Å²) in [6, 6.07) is 8.96. The summed E-state index contributed by atoms with van der Waals surface area (Å²) in [5.41, 5.74) is -0.545. The maximum atomic E-state index is 13.2. The maximum absolute atomic E-state index is 13.2. The van der Waals surface area contributed by atoms with Gasteiger partial charge in [-0.25, -0.2) is 4.79 Å². The highest BCUT2D eigenvalue weighted by Crippen LogP contribution is 2.37. The normalized spacial score (nSPS) is 13.6. The van der Waals surface area contributed by atoms with E-state index in [1.54, 1.807) is 32.0 Å². The number of ether oxygens (including phenoxy) is 3. The van der Waals surface area contributed by atoms with Crippen molar-refractivity contribution in [1.82, 2.24) is 0 Å². The Morgan fingerprint density at radius 2 is 1.84 bits per heavy atom. The van der Waals surface area contributed by atoms with Gasteiger partial charge < -0.3 is 19.5 Å². The van der Waals surface area contributed by atoms with E-state index in [1.807, 2.05) is 31.4 Å². The molecule has 0 fully saturated rings. The monoisotopic (exact) mass is 447 g/mol. The zero-order valence-corrected chi connectivity index (χ0v) is 18.6. The Morgan fingerprint density at radius 1 is 1.16 bits per heavy atom. The molecule has 1 unspecified atom stereocenters. The van der Waals surface area contributed by atoms with Crippen LogP contribution in [0.25, 0.3) is 0 Å². The van der Waals surface area contributed by atoms with Crippen molar-refractivity contribution in [3.8, 4) is 11.5 Å². The van der Waals surface area contributed by atoms with E-state index in [0.29, 0.717) is 22.1 Å². The van der Waals surface area contributed by atoms with Crippen molar-refractivity contribution in [3.63, 3.8) is 0 Å². The summed E-state index contributed by atoms with van der Waals surface area (Å²) in [5, 5.41) is 5.14. The molecular weight excluding hydrogens is 422 g/mol. The Bertz CT molecular complexity index is 933. The Hall–Kier alpha value is -3.16. The third kappa shape index (κ3) is 5.93. The summed E-state index contributed by atoms with van der Waals surface area (Å²) >= 11 is 1.37. The molecule has 166 valence electrons. The van der Waals surface area contributed by atoms with Crippen LogP contribution in [0.4, 0.5) is 5.69 Å². The summed E-state index contributed by atoms with van der Waals surface area (Å²) in [4.78, 5) is 43.0. The second-order valence-corrected chi connectivity index (χ2v) is 8.38. The number of Topliss-reactive ketones (excluding diaryl/α,β-unsaturated/α-hetero) is 1. The van der Waals surface area contributed by atoms with E-state index in [-0.39, 0.29) is 37.2 Å². The van der Waals surface area contributed by atoms with E-state index in [4.69, 9.17) is 23.8 Å². The number of anilines is 1. The first kappa shape index (κ1) is 24.1. The summed E-state index contributed by atoms with van der Waals surface area (Å²) in [6.45, 7) is 7.57. The van der Waals surface area contributed by atoms with Crippen LogP contribution >= 0.6 is 11.3 Å².